The van der Waals surface area contributed by atoms with Crippen LogP contribution in [-0.4, -0.2) is 41.5 Å². The Kier molecular flexibility index (Phi) is 4.93. The SMILES string of the molecule is COc1ccc(-c2ncc3c(n2)CCN(C(=O)c2ccccc2OC)C3)cc1. The maximum atomic E-state index is 12.9. The predicted octanol–water partition coefficient (Wildman–Crippen LogP) is 3.36. The Morgan fingerprint density at radius 1 is 1.04 bits per heavy atom. The fourth-order valence-corrected chi connectivity index (χ4v) is 3.36. The molecule has 2 heterocycles. The topological polar surface area (TPSA) is 64.6 Å². The number of hydrogen-bond donors (Lipinski definition) is 0. The summed E-state index contributed by atoms with van der Waals surface area (Å²) in [5, 5.41) is 0. The summed E-state index contributed by atoms with van der Waals surface area (Å²) in [5.41, 5.74) is 3.48. The standard InChI is InChI=1S/C22H21N3O3/c1-27-17-9-7-15(8-10-17)21-23-13-16-14-25(12-11-19(16)24-21)22(26)18-5-3-4-6-20(18)28-2/h3-10,13H,11-12,14H2,1-2H3. The van der Waals surface area contributed by atoms with Gasteiger partial charge in [-0.1, -0.05) is 12.1 Å². The molecule has 2 aromatic carbocycles. The molecule has 0 bridgehead atoms. The molecule has 28 heavy (non-hydrogen) atoms. The third-order valence-electron chi connectivity index (χ3n) is 4.91. The van der Waals surface area contributed by atoms with Crippen LogP contribution in [-0.2, 0) is 13.0 Å². The molecule has 0 atom stereocenters. The number of carbonyl (C=O) groups excluding carboxylic acids is 1. The van der Waals surface area contributed by atoms with E-state index in [2.05, 4.69) is 4.98 Å². The molecular weight excluding hydrogens is 354 g/mol. The molecule has 0 fully saturated rings. The fourth-order valence-electron chi connectivity index (χ4n) is 3.36. The molecule has 4 rings (SSSR count). The van der Waals surface area contributed by atoms with Crippen molar-refractivity contribution in [3.63, 3.8) is 0 Å². The van der Waals surface area contributed by atoms with E-state index in [9.17, 15) is 4.79 Å². The molecule has 1 aliphatic rings. The fraction of sp³-hybridized carbons (Fsp3) is 0.227. The second-order valence-corrected chi connectivity index (χ2v) is 6.57. The zero-order chi connectivity index (χ0) is 19.5. The number of nitrogens with zero attached hydrogens (tertiary/aromatic N) is 3. The molecule has 0 unspecified atom stereocenters. The van der Waals surface area contributed by atoms with Gasteiger partial charge in [0, 0.05) is 36.8 Å². The van der Waals surface area contributed by atoms with Gasteiger partial charge in [0.05, 0.1) is 25.5 Å². The first-order chi connectivity index (χ1) is 13.7. The summed E-state index contributed by atoms with van der Waals surface area (Å²) < 4.78 is 10.5. The van der Waals surface area contributed by atoms with Gasteiger partial charge in [0.15, 0.2) is 5.82 Å². The van der Waals surface area contributed by atoms with E-state index < -0.39 is 0 Å². The molecule has 1 amide bonds. The van der Waals surface area contributed by atoms with Crippen molar-refractivity contribution in [2.75, 3.05) is 20.8 Å². The van der Waals surface area contributed by atoms with Crippen molar-refractivity contribution in [2.24, 2.45) is 0 Å². The van der Waals surface area contributed by atoms with Crippen LogP contribution in [0.5, 0.6) is 11.5 Å². The van der Waals surface area contributed by atoms with Crippen LogP contribution in [0, 0.1) is 0 Å². The molecule has 3 aromatic rings. The number of aromatic nitrogens is 2. The zero-order valence-corrected chi connectivity index (χ0v) is 15.9. The highest BCUT2D eigenvalue weighted by molar-refractivity contribution is 5.97. The molecular formula is C22H21N3O3. The lowest BCUT2D eigenvalue weighted by atomic mass is 10.0. The Morgan fingerprint density at radius 2 is 1.82 bits per heavy atom. The molecule has 1 aliphatic heterocycles. The smallest absolute Gasteiger partial charge is 0.257 e. The number of fused-ring (bicyclic) bond motifs is 1. The molecule has 1 aromatic heterocycles. The first kappa shape index (κ1) is 18.0. The van der Waals surface area contributed by atoms with E-state index in [1.807, 2.05) is 47.5 Å². The van der Waals surface area contributed by atoms with Gasteiger partial charge in [-0.2, -0.15) is 0 Å². The predicted molar refractivity (Wildman–Crippen MR) is 105 cm³/mol. The normalized spacial score (nSPS) is 13.0. The van der Waals surface area contributed by atoms with Gasteiger partial charge < -0.3 is 14.4 Å². The second-order valence-electron chi connectivity index (χ2n) is 6.57. The monoisotopic (exact) mass is 375 g/mol. The summed E-state index contributed by atoms with van der Waals surface area (Å²) in [6.07, 6.45) is 2.52. The summed E-state index contributed by atoms with van der Waals surface area (Å²) >= 11 is 0. The van der Waals surface area contributed by atoms with E-state index in [4.69, 9.17) is 14.5 Å². The van der Waals surface area contributed by atoms with Crippen molar-refractivity contribution in [3.05, 3.63) is 71.5 Å². The van der Waals surface area contributed by atoms with Gasteiger partial charge in [0.1, 0.15) is 11.5 Å². The minimum atomic E-state index is -0.0395. The van der Waals surface area contributed by atoms with Crippen LogP contribution in [0.25, 0.3) is 11.4 Å². The Bertz CT molecular complexity index is 1000. The summed E-state index contributed by atoms with van der Waals surface area (Å²) in [7, 11) is 3.22. The third kappa shape index (κ3) is 3.41. The van der Waals surface area contributed by atoms with Crippen molar-refractivity contribution in [3.8, 4) is 22.9 Å². The molecule has 0 saturated heterocycles. The molecule has 0 radical (unpaired) electrons. The van der Waals surface area contributed by atoms with Gasteiger partial charge in [-0.25, -0.2) is 9.97 Å². The minimum Gasteiger partial charge on any atom is -0.497 e. The first-order valence-electron chi connectivity index (χ1n) is 9.11. The Morgan fingerprint density at radius 3 is 2.57 bits per heavy atom. The first-order valence-corrected chi connectivity index (χ1v) is 9.11. The third-order valence-corrected chi connectivity index (χ3v) is 4.91. The molecule has 0 saturated carbocycles. The van der Waals surface area contributed by atoms with E-state index in [1.165, 1.54) is 0 Å². The van der Waals surface area contributed by atoms with E-state index >= 15 is 0 Å². The number of para-hydroxylation sites is 1. The largest absolute Gasteiger partial charge is 0.497 e. The lowest BCUT2D eigenvalue weighted by Crippen LogP contribution is -2.36. The van der Waals surface area contributed by atoms with E-state index in [-0.39, 0.29) is 5.91 Å². The summed E-state index contributed by atoms with van der Waals surface area (Å²) in [4.78, 5) is 24.0. The minimum absolute atomic E-state index is 0.0395. The van der Waals surface area contributed by atoms with Gasteiger partial charge in [0.2, 0.25) is 0 Å². The van der Waals surface area contributed by atoms with Crippen LogP contribution in [0.3, 0.4) is 0 Å². The van der Waals surface area contributed by atoms with Crippen LogP contribution in [0.1, 0.15) is 21.6 Å². The van der Waals surface area contributed by atoms with Crippen LogP contribution >= 0.6 is 0 Å². The van der Waals surface area contributed by atoms with Gasteiger partial charge in [-0.3, -0.25) is 4.79 Å². The van der Waals surface area contributed by atoms with Gasteiger partial charge >= 0.3 is 0 Å². The summed E-state index contributed by atoms with van der Waals surface area (Å²) in [6.45, 7) is 1.11. The number of carbonyl (C=O) groups is 1. The highest BCUT2D eigenvalue weighted by atomic mass is 16.5. The average Bonchev–Trinajstić information content (AvgIpc) is 2.78. The number of benzene rings is 2. The quantitative estimate of drug-likeness (QED) is 0.700. The van der Waals surface area contributed by atoms with Crippen molar-refractivity contribution in [1.29, 1.82) is 0 Å². The molecule has 142 valence electrons. The van der Waals surface area contributed by atoms with Gasteiger partial charge in [-0.05, 0) is 36.4 Å². The van der Waals surface area contributed by atoms with Crippen molar-refractivity contribution in [1.82, 2.24) is 14.9 Å². The summed E-state index contributed by atoms with van der Waals surface area (Å²) in [6, 6.07) is 15.0. The van der Waals surface area contributed by atoms with Crippen LogP contribution in [0.4, 0.5) is 0 Å². The van der Waals surface area contributed by atoms with E-state index in [0.29, 0.717) is 36.6 Å². The van der Waals surface area contributed by atoms with E-state index in [0.717, 1.165) is 22.6 Å². The Labute approximate surface area is 163 Å². The Balaban J connectivity index is 1.55. The molecule has 0 spiro atoms. The number of rotatable bonds is 4. The lowest BCUT2D eigenvalue weighted by molar-refractivity contribution is 0.0730. The summed E-state index contributed by atoms with van der Waals surface area (Å²) in [5.74, 6) is 2.03. The van der Waals surface area contributed by atoms with Gasteiger partial charge in [-0.15, -0.1) is 0 Å². The lowest BCUT2D eigenvalue weighted by Gasteiger charge is -2.28. The highest BCUT2D eigenvalue weighted by Crippen LogP contribution is 2.25. The molecule has 6 nitrogen and oxygen atoms in total. The van der Waals surface area contributed by atoms with Crippen LogP contribution < -0.4 is 9.47 Å². The number of ether oxygens (including phenoxy) is 2. The van der Waals surface area contributed by atoms with Crippen molar-refractivity contribution in [2.45, 2.75) is 13.0 Å². The number of hydrogen-bond acceptors (Lipinski definition) is 5. The average molecular weight is 375 g/mol. The van der Waals surface area contributed by atoms with Crippen molar-refractivity contribution >= 4 is 5.91 Å². The molecule has 0 aliphatic carbocycles. The zero-order valence-electron chi connectivity index (χ0n) is 15.9. The maximum absolute atomic E-state index is 12.9. The Hall–Kier alpha value is -3.41. The van der Waals surface area contributed by atoms with Crippen molar-refractivity contribution < 1.29 is 14.3 Å². The van der Waals surface area contributed by atoms with Gasteiger partial charge in [0.25, 0.3) is 5.91 Å². The van der Waals surface area contributed by atoms with Crippen LogP contribution in [0.2, 0.25) is 0 Å². The second kappa shape index (κ2) is 7.68. The van der Waals surface area contributed by atoms with E-state index in [1.54, 1.807) is 26.4 Å². The highest BCUT2D eigenvalue weighted by Gasteiger charge is 2.25. The number of amides is 1. The molecule has 0 N–H and O–H groups in total. The maximum Gasteiger partial charge on any atom is 0.257 e. The number of methoxy groups -OCH3 is 2. The van der Waals surface area contributed by atoms with Crippen LogP contribution in [0.15, 0.2) is 54.7 Å². The molecule has 6 heteroatoms.